The summed E-state index contributed by atoms with van der Waals surface area (Å²) in [5.41, 5.74) is 0.917. The molecule has 3 N–H and O–H groups in total. The molecule has 1 aliphatic heterocycles. The Morgan fingerprint density at radius 3 is 2.78 bits per heavy atom. The van der Waals surface area contributed by atoms with Crippen LogP contribution in [-0.4, -0.2) is 60.9 Å². The number of methoxy groups -OCH3 is 1. The Morgan fingerprint density at radius 1 is 1.33 bits per heavy atom. The van der Waals surface area contributed by atoms with Crippen LogP contribution in [-0.2, 0) is 4.79 Å². The van der Waals surface area contributed by atoms with Crippen LogP contribution in [0, 0.1) is 0 Å². The van der Waals surface area contributed by atoms with E-state index in [0.29, 0.717) is 19.6 Å². The minimum atomic E-state index is -0.820. The first-order valence-electron chi connectivity index (χ1n) is 9.33. The highest BCUT2D eigenvalue weighted by molar-refractivity contribution is 5.75. The maximum absolute atomic E-state index is 12.4. The summed E-state index contributed by atoms with van der Waals surface area (Å²) in [5.74, 6) is 0.675. The topological polar surface area (TPSA) is 100 Å². The second-order valence-corrected chi connectivity index (χ2v) is 6.99. The normalized spacial score (nSPS) is 23.6. The number of hydrogen-bond donors (Lipinski definition) is 3. The molecular weight excluding hydrogens is 350 g/mol. The lowest BCUT2D eigenvalue weighted by molar-refractivity contribution is -0.139. The van der Waals surface area contributed by atoms with Crippen molar-refractivity contribution in [3.05, 3.63) is 23.8 Å². The molecule has 0 radical (unpaired) electrons. The number of urea groups is 1. The van der Waals surface area contributed by atoms with Gasteiger partial charge in [-0.3, -0.25) is 9.69 Å². The van der Waals surface area contributed by atoms with Crippen molar-refractivity contribution in [3.8, 4) is 11.5 Å². The zero-order chi connectivity index (χ0) is 19.4. The number of carboxylic acid groups (broad SMARTS) is 1. The maximum Gasteiger partial charge on any atom is 0.317 e. The summed E-state index contributed by atoms with van der Waals surface area (Å²) >= 11 is 0. The van der Waals surface area contributed by atoms with Crippen LogP contribution in [0.3, 0.4) is 0 Å². The summed E-state index contributed by atoms with van der Waals surface area (Å²) in [7, 11) is 1.61. The fourth-order valence-electron chi connectivity index (χ4n) is 3.71. The maximum atomic E-state index is 12.4. The van der Waals surface area contributed by atoms with Crippen LogP contribution < -0.4 is 20.1 Å². The highest BCUT2D eigenvalue weighted by Gasteiger charge is 2.35. The molecule has 1 aromatic carbocycles. The highest BCUT2D eigenvalue weighted by Crippen LogP contribution is 2.34. The Kier molecular flexibility index (Phi) is 6.05. The Bertz CT molecular complexity index is 690. The SMILES string of the molecule is CCN(CC(=O)O)C1CC(NC(=O)N[C@H]2CCOc3ccc(OC)cc32)C1. The second kappa shape index (κ2) is 8.47. The van der Waals surface area contributed by atoms with E-state index in [4.69, 9.17) is 14.6 Å². The standard InChI is InChI=1S/C19H27N3O5/c1-3-22(11-18(23)24)13-8-12(9-13)20-19(25)21-16-6-7-27-17-5-4-14(26-2)10-15(16)17/h4-5,10,12-13,16H,3,6-9,11H2,1-2H3,(H,23,24)(H2,20,21,25)/t12?,13?,16-/m0/s1. The van der Waals surface area contributed by atoms with Gasteiger partial charge in [-0.15, -0.1) is 0 Å². The van der Waals surface area contributed by atoms with Gasteiger partial charge in [0.2, 0.25) is 0 Å². The third-order valence-corrected chi connectivity index (χ3v) is 5.27. The first-order valence-corrected chi connectivity index (χ1v) is 9.33. The molecule has 1 aromatic rings. The van der Waals surface area contributed by atoms with E-state index in [0.717, 1.165) is 29.9 Å². The molecule has 2 aliphatic rings. The Morgan fingerprint density at radius 2 is 2.11 bits per heavy atom. The molecule has 8 heteroatoms. The lowest BCUT2D eigenvalue weighted by Gasteiger charge is -2.42. The Hall–Kier alpha value is -2.48. The molecule has 1 aliphatic carbocycles. The van der Waals surface area contributed by atoms with E-state index in [-0.39, 0.29) is 30.7 Å². The van der Waals surface area contributed by atoms with Crippen molar-refractivity contribution in [2.24, 2.45) is 0 Å². The van der Waals surface area contributed by atoms with Gasteiger partial charge in [0, 0.05) is 24.1 Å². The van der Waals surface area contributed by atoms with Crippen molar-refractivity contribution in [2.75, 3.05) is 26.8 Å². The summed E-state index contributed by atoms with van der Waals surface area (Å²) in [6, 6.07) is 5.54. The molecule has 0 aromatic heterocycles. The fraction of sp³-hybridized carbons (Fsp3) is 0.579. The molecule has 0 spiro atoms. The monoisotopic (exact) mass is 377 g/mol. The van der Waals surface area contributed by atoms with E-state index in [1.807, 2.05) is 30.0 Å². The molecule has 2 amide bonds. The van der Waals surface area contributed by atoms with Crippen LogP contribution in [0.25, 0.3) is 0 Å². The Balaban J connectivity index is 1.51. The number of amides is 2. The number of fused-ring (bicyclic) bond motifs is 1. The van der Waals surface area contributed by atoms with E-state index in [9.17, 15) is 9.59 Å². The van der Waals surface area contributed by atoms with Gasteiger partial charge in [0.15, 0.2) is 0 Å². The van der Waals surface area contributed by atoms with Crippen molar-refractivity contribution >= 4 is 12.0 Å². The van der Waals surface area contributed by atoms with E-state index < -0.39 is 5.97 Å². The zero-order valence-electron chi connectivity index (χ0n) is 15.7. The van der Waals surface area contributed by atoms with E-state index in [1.165, 1.54) is 0 Å². The van der Waals surface area contributed by atoms with Gasteiger partial charge in [-0.05, 0) is 37.6 Å². The molecule has 1 atom stereocenters. The summed E-state index contributed by atoms with van der Waals surface area (Å²) in [5, 5.41) is 15.0. The van der Waals surface area contributed by atoms with Gasteiger partial charge in [0.1, 0.15) is 11.5 Å². The first-order chi connectivity index (χ1) is 13.0. The number of rotatable bonds is 7. The molecule has 3 rings (SSSR count). The molecule has 148 valence electrons. The van der Waals surface area contributed by atoms with E-state index >= 15 is 0 Å². The molecule has 27 heavy (non-hydrogen) atoms. The van der Waals surface area contributed by atoms with Gasteiger partial charge in [-0.25, -0.2) is 4.79 Å². The predicted molar refractivity (Wildman–Crippen MR) is 99.2 cm³/mol. The number of carboxylic acids is 1. The summed E-state index contributed by atoms with van der Waals surface area (Å²) in [6.45, 7) is 3.24. The third-order valence-electron chi connectivity index (χ3n) is 5.27. The van der Waals surface area contributed by atoms with Gasteiger partial charge < -0.3 is 25.2 Å². The molecule has 0 unspecified atom stereocenters. The van der Waals surface area contributed by atoms with Crippen molar-refractivity contribution in [2.45, 2.75) is 44.3 Å². The van der Waals surface area contributed by atoms with Crippen molar-refractivity contribution in [3.63, 3.8) is 0 Å². The van der Waals surface area contributed by atoms with Crippen molar-refractivity contribution in [1.29, 1.82) is 0 Å². The van der Waals surface area contributed by atoms with Crippen molar-refractivity contribution < 1.29 is 24.2 Å². The van der Waals surface area contributed by atoms with Crippen LogP contribution in [0.5, 0.6) is 11.5 Å². The number of likely N-dealkylation sites (N-methyl/N-ethyl adjacent to an activating group) is 1. The molecule has 1 saturated carbocycles. The minimum Gasteiger partial charge on any atom is -0.497 e. The van der Waals surface area contributed by atoms with Crippen LogP contribution in [0.15, 0.2) is 18.2 Å². The van der Waals surface area contributed by atoms with Gasteiger partial charge in [-0.2, -0.15) is 0 Å². The van der Waals surface area contributed by atoms with Crippen LogP contribution >= 0.6 is 0 Å². The Labute approximate surface area is 158 Å². The number of aliphatic carboxylic acids is 1. The largest absolute Gasteiger partial charge is 0.497 e. The molecule has 1 fully saturated rings. The van der Waals surface area contributed by atoms with Crippen molar-refractivity contribution in [1.82, 2.24) is 15.5 Å². The van der Waals surface area contributed by atoms with Gasteiger partial charge in [-0.1, -0.05) is 6.92 Å². The molecular formula is C19H27N3O5. The summed E-state index contributed by atoms with van der Waals surface area (Å²) in [4.78, 5) is 25.2. The number of nitrogens with zero attached hydrogens (tertiary/aromatic N) is 1. The van der Waals surface area contributed by atoms with Crippen LogP contribution in [0.4, 0.5) is 4.79 Å². The molecule has 0 bridgehead atoms. The molecule has 1 heterocycles. The lowest BCUT2D eigenvalue weighted by Crippen LogP contribution is -2.56. The van der Waals surface area contributed by atoms with E-state index in [1.54, 1.807) is 7.11 Å². The van der Waals surface area contributed by atoms with Crippen LogP contribution in [0.2, 0.25) is 0 Å². The number of benzene rings is 1. The smallest absolute Gasteiger partial charge is 0.317 e. The number of nitrogens with one attached hydrogen (secondary N) is 2. The van der Waals surface area contributed by atoms with Gasteiger partial charge in [0.25, 0.3) is 0 Å². The summed E-state index contributed by atoms with van der Waals surface area (Å²) < 4.78 is 10.9. The molecule has 0 saturated heterocycles. The number of ether oxygens (including phenoxy) is 2. The summed E-state index contributed by atoms with van der Waals surface area (Å²) in [6.07, 6.45) is 2.24. The van der Waals surface area contributed by atoms with Gasteiger partial charge in [0.05, 0.1) is 26.3 Å². The number of hydrogen-bond acceptors (Lipinski definition) is 5. The van der Waals surface area contributed by atoms with Crippen LogP contribution in [0.1, 0.15) is 37.8 Å². The third kappa shape index (κ3) is 4.63. The highest BCUT2D eigenvalue weighted by atomic mass is 16.5. The average Bonchev–Trinajstić information content (AvgIpc) is 2.62. The zero-order valence-corrected chi connectivity index (χ0v) is 15.7. The predicted octanol–water partition coefficient (Wildman–Crippen LogP) is 1.76. The number of carbonyl (C=O) groups is 2. The van der Waals surface area contributed by atoms with E-state index in [2.05, 4.69) is 10.6 Å². The number of carbonyl (C=O) groups excluding carboxylic acids is 1. The average molecular weight is 377 g/mol. The quantitative estimate of drug-likeness (QED) is 0.669. The lowest BCUT2D eigenvalue weighted by atomic mass is 9.85. The first kappa shape index (κ1) is 19.3. The van der Waals surface area contributed by atoms with Gasteiger partial charge >= 0.3 is 12.0 Å². The second-order valence-electron chi connectivity index (χ2n) is 6.99. The fourth-order valence-corrected chi connectivity index (χ4v) is 3.71. The molecule has 8 nitrogen and oxygen atoms in total. The minimum absolute atomic E-state index is 0.0424.